The minimum absolute atomic E-state index is 0.0225. The third-order valence-electron chi connectivity index (χ3n) is 5.98. The zero-order chi connectivity index (χ0) is 23.6. The zero-order valence-electron chi connectivity index (χ0n) is 19.6. The van der Waals surface area contributed by atoms with Gasteiger partial charge in [-0.15, -0.1) is 0 Å². The van der Waals surface area contributed by atoms with Crippen molar-refractivity contribution in [2.75, 3.05) is 16.8 Å². The molecule has 0 unspecified atom stereocenters. The first kappa shape index (κ1) is 22.6. The second-order valence-corrected chi connectivity index (χ2v) is 9.58. The molecule has 0 saturated carbocycles. The van der Waals surface area contributed by atoms with Crippen molar-refractivity contribution in [3.05, 3.63) is 83.9 Å². The molecule has 170 valence electrons. The number of rotatable bonds is 5. The molecule has 1 N–H and O–H groups in total. The van der Waals surface area contributed by atoms with Crippen LogP contribution in [0.2, 0.25) is 0 Å². The summed E-state index contributed by atoms with van der Waals surface area (Å²) in [4.78, 5) is 27.0. The number of ether oxygens (including phenoxy) is 1. The molecule has 33 heavy (non-hydrogen) atoms. The average Bonchev–Trinajstić information content (AvgIpc) is 3.17. The highest BCUT2D eigenvalue weighted by molar-refractivity contribution is 6.03. The SMILES string of the molecule is Cc1ccccc1N1C[C@H](C(=O)Nc2ccc(Oc3ccc(C(C)(C)C)cc3)cc2)CC1=O. The molecule has 1 atom stereocenters. The van der Waals surface area contributed by atoms with Crippen LogP contribution in [0.3, 0.4) is 0 Å². The lowest BCUT2D eigenvalue weighted by Crippen LogP contribution is -2.28. The van der Waals surface area contributed by atoms with Crippen LogP contribution in [0.15, 0.2) is 72.8 Å². The molecule has 5 nitrogen and oxygen atoms in total. The summed E-state index contributed by atoms with van der Waals surface area (Å²) >= 11 is 0. The van der Waals surface area contributed by atoms with Gasteiger partial charge >= 0.3 is 0 Å². The average molecular weight is 443 g/mol. The van der Waals surface area contributed by atoms with Crippen LogP contribution in [0.4, 0.5) is 11.4 Å². The van der Waals surface area contributed by atoms with Gasteiger partial charge < -0.3 is 15.0 Å². The Hall–Kier alpha value is -3.60. The number of hydrogen-bond acceptors (Lipinski definition) is 3. The van der Waals surface area contributed by atoms with E-state index >= 15 is 0 Å². The standard InChI is InChI=1S/C28H30N2O3/c1-19-7-5-6-8-25(19)30-18-20(17-26(30)31)27(32)29-22-11-15-24(16-12-22)33-23-13-9-21(10-14-23)28(2,3)4/h5-16,20H,17-18H2,1-4H3,(H,29,32)/t20-/m1/s1. The number of anilines is 2. The second kappa shape index (κ2) is 9.10. The predicted octanol–water partition coefficient (Wildman–Crippen LogP) is 6.08. The van der Waals surface area contributed by atoms with E-state index < -0.39 is 0 Å². The van der Waals surface area contributed by atoms with Crippen molar-refractivity contribution in [1.29, 1.82) is 0 Å². The third-order valence-corrected chi connectivity index (χ3v) is 5.98. The Morgan fingerprint density at radius 1 is 0.939 bits per heavy atom. The van der Waals surface area contributed by atoms with Gasteiger partial charge in [0, 0.05) is 24.3 Å². The molecule has 4 rings (SSSR count). The fourth-order valence-corrected chi connectivity index (χ4v) is 3.99. The van der Waals surface area contributed by atoms with E-state index in [1.807, 2.05) is 67.6 Å². The van der Waals surface area contributed by atoms with Crippen LogP contribution in [0.5, 0.6) is 11.5 Å². The van der Waals surface area contributed by atoms with Crippen molar-refractivity contribution in [1.82, 2.24) is 0 Å². The highest BCUT2D eigenvalue weighted by atomic mass is 16.5. The molecular formula is C28H30N2O3. The van der Waals surface area contributed by atoms with Crippen LogP contribution < -0.4 is 15.0 Å². The summed E-state index contributed by atoms with van der Waals surface area (Å²) < 4.78 is 5.93. The maximum atomic E-state index is 12.8. The fraction of sp³-hybridized carbons (Fsp3) is 0.286. The lowest BCUT2D eigenvalue weighted by atomic mass is 9.87. The Labute approximate surface area is 195 Å². The Balaban J connectivity index is 1.36. The van der Waals surface area contributed by atoms with Gasteiger partial charge in [0.2, 0.25) is 11.8 Å². The van der Waals surface area contributed by atoms with Crippen LogP contribution in [-0.4, -0.2) is 18.4 Å². The summed E-state index contributed by atoms with van der Waals surface area (Å²) in [6.45, 7) is 8.90. The van der Waals surface area contributed by atoms with Crippen LogP contribution in [-0.2, 0) is 15.0 Å². The van der Waals surface area contributed by atoms with Crippen molar-refractivity contribution in [3.63, 3.8) is 0 Å². The van der Waals surface area contributed by atoms with Crippen LogP contribution in [0.1, 0.15) is 38.3 Å². The topological polar surface area (TPSA) is 58.6 Å². The molecular weight excluding hydrogens is 412 g/mol. The number of amides is 2. The molecule has 1 fully saturated rings. The van der Waals surface area contributed by atoms with Crippen LogP contribution >= 0.6 is 0 Å². The van der Waals surface area contributed by atoms with E-state index in [4.69, 9.17) is 4.74 Å². The maximum absolute atomic E-state index is 12.8. The first-order valence-electron chi connectivity index (χ1n) is 11.3. The first-order chi connectivity index (χ1) is 15.7. The van der Waals surface area contributed by atoms with Crippen molar-refractivity contribution >= 4 is 23.2 Å². The van der Waals surface area contributed by atoms with Gasteiger partial charge in [0.15, 0.2) is 0 Å². The monoisotopic (exact) mass is 442 g/mol. The third kappa shape index (κ3) is 5.25. The van der Waals surface area contributed by atoms with Gasteiger partial charge in [0.25, 0.3) is 0 Å². The molecule has 3 aromatic carbocycles. The number of aryl methyl sites for hydroxylation is 1. The maximum Gasteiger partial charge on any atom is 0.229 e. The summed E-state index contributed by atoms with van der Waals surface area (Å²) in [5.41, 5.74) is 3.92. The van der Waals surface area contributed by atoms with Crippen molar-refractivity contribution < 1.29 is 14.3 Å². The Morgan fingerprint density at radius 2 is 1.55 bits per heavy atom. The van der Waals surface area contributed by atoms with E-state index in [2.05, 4.69) is 38.2 Å². The molecule has 0 aromatic heterocycles. The molecule has 1 aliphatic rings. The largest absolute Gasteiger partial charge is 0.457 e. The van der Waals surface area contributed by atoms with Crippen LogP contribution in [0, 0.1) is 12.8 Å². The number of nitrogens with zero attached hydrogens (tertiary/aromatic N) is 1. The quantitative estimate of drug-likeness (QED) is 0.521. The number of benzene rings is 3. The zero-order valence-corrected chi connectivity index (χ0v) is 19.6. The molecule has 1 heterocycles. The van der Waals surface area contributed by atoms with Gasteiger partial charge in [-0.1, -0.05) is 51.1 Å². The van der Waals surface area contributed by atoms with E-state index in [-0.39, 0.29) is 29.6 Å². The summed E-state index contributed by atoms with van der Waals surface area (Å²) in [6, 6.07) is 23.1. The minimum atomic E-state index is -0.380. The lowest BCUT2D eigenvalue weighted by molar-refractivity contribution is -0.122. The van der Waals surface area contributed by atoms with E-state index in [1.165, 1.54) is 5.56 Å². The summed E-state index contributed by atoms with van der Waals surface area (Å²) in [6.07, 6.45) is 0.214. The van der Waals surface area contributed by atoms with Gasteiger partial charge in [-0.05, 0) is 65.9 Å². The van der Waals surface area contributed by atoms with Crippen molar-refractivity contribution in [2.24, 2.45) is 5.92 Å². The molecule has 2 amide bonds. The summed E-state index contributed by atoms with van der Waals surface area (Å²) in [7, 11) is 0. The van der Waals surface area contributed by atoms with E-state index in [1.54, 1.807) is 4.90 Å². The number of para-hydroxylation sites is 1. The Bertz CT molecular complexity index is 1150. The van der Waals surface area contributed by atoms with Crippen molar-refractivity contribution in [3.8, 4) is 11.5 Å². The molecule has 1 saturated heterocycles. The Kier molecular flexibility index (Phi) is 6.23. The van der Waals surface area contributed by atoms with Gasteiger partial charge in [0.05, 0.1) is 5.92 Å². The molecule has 0 spiro atoms. The molecule has 3 aromatic rings. The van der Waals surface area contributed by atoms with Gasteiger partial charge in [0.1, 0.15) is 11.5 Å². The predicted molar refractivity (Wildman–Crippen MR) is 132 cm³/mol. The molecule has 1 aliphatic heterocycles. The molecule has 0 aliphatic carbocycles. The fourth-order valence-electron chi connectivity index (χ4n) is 3.99. The van der Waals surface area contributed by atoms with E-state index in [9.17, 15) is 9.59 Å². The van der Waals surface area contributed by atoms with E-state index in [0.29, 0.717) is 18.0 Å². The molecule has 5 heteroatoms. The number of hydrogen-bond donors (Lipinski definition) is 1. The lowest BCUT2D eigenvalue weighted by Gasteiger charge is -2.19. The molecule has 0 radical (unpaired) electrons. The highest BCUT2D eigenvalue weighted by Crippen LogP contribution is 2.30. The number of carbonyl (C=O) groups excluding carboxylic acids is 2. The first-order valence-corrected chi connectivity index (χ1v) is 11.3. The molecule has 0 bridgehead atoms. The summed E-state index contributed by atoms with van der Waals surface area (Å²) in [5.74, 6) is 0.907. The highest BCUT2D eigenvalue weighted by Gasteiger charge is 2.35. The van der Waals surface area contributed by atoms with Crippen molar-refractivity contribution in [2.45, 2.75) is 39.5 Å². The van der Waals surface area contributed by atoms with Crippen LogP contribution in [0.25, 0.3) is 0 Å². The van der Waals surface area contributed by atoms with Gasteiger partial charge in [-0.25, -0.2) is 0 Å². The second-order valence-electron chi connectivity index (χ2n) is 9.58. The van der Waals surface area contributed by atoms with E-state index in [0.717, 1.165) is 17.0 Å². The Morgan fingerprint density at radius 3 is 2.15 bits per heavy atom. The van der Waals surface area contributed by atoms with Gasteiger partial charge in [-0.3, -0.25) is 9.59 Å². The normalized spacial score (nSPS) is 16.1. The van der Waals surface area contributed by atoms with Gasteiger partial charge in [-0.2, -0.15) is 0 Å². The number of carbonyl (C=O) groups is 2. The summed E-state index contributed by atoms with van der Waals surface area (Å²) in [5, 5.41) is 2.93. The smallest absolute Gasteiger partial charge is 0.229 e. The number of nitrogens with one attached hydrogen (secondary N) is 1. The minimum Gasteiger partial charge on any atom is -0.457 e.